The van der Waals surface area contributed by atoms with Gasteiger partial charge in [-0.1, -0.05) is 13.8 Å². The van der Waals surface area contributed by atoms with Crippen LogP contribution in [0.3, 0.4) is 0 Å². The van der Waals surface area contributed by atoms with E-state index in [9.17, 15) is 33.6 Å². The molecule has 0 aliphatic heterocycles. The van der Waals surface area contributed by atoms with E-state index in [-0.39, 0.29) is 19.3 Å². The summed E-state index contributed by atoms with van der Waals surface area (Å²) in [5.74, 6) is -6.05. The Balaban J connectivity index is 1.57. The van der Waals surface area contributed by atoms with Crippen LogP contribution >= 0.6 is 0 Å². The SMILES string of the molecule is CC(C)[C@H](NC(=O)CNC(=O)[C@H](Cc1cnc[nH]1)NC(=O)CNC(=O)[C@@H](N)Cc1cnc[nH]1)C(=O)N[C@@H](Cc1cnc[nH]1)C(=O)NCC(=O)O. The third-order valence-electron chi connectivity index (χ3n) is 7.10. The predicted octanol–water partition coefficient (Wildman–Crippen LogP) is -4.25. The van der Waals surface area contributed by atoms with Crippen LogP contribution in [-0.4, -0.2) is 120 Å². The molecule has 0 aliphatic carbocycles. The molecule has 0 saturated heterocycles. The molecule has 21 heteroatoms. The van der Waals surface area contributed by atoms with Gasteiger partial charge >= 0.3 is 5.97 Å². The molecule has 0 fully saturated rings. The van der Waals surface area contributed by atoms with Crippen LogP contribution in [0, 0.1) is 5.92 Å². The number of nitrogens with zero attached hydrogens (tertiary/aromatic N) is 3. The van der Waals surface area contributed by atoms with Crippen molar-refractivity contribution >= 4 is 41.4 Å². The lowest BCUT2D eigenvalue weighted by Gasteiger charge is -2.25. The Hall–Kier alpha value is -6.12. The summed E-state index contributed by atoms with van der Waals surface area (Å²) in [6.07, 6.45) is 8.68. The minimum atomic E-state index is -1.28. The fraction of sp³-hybridized carbons (Fsp3) is 0.448. The first-order valence-electron chi connectivity index (χ1n) is 15.4. The number of hydrogen-bond donors (Lipinski definition) is 11. The van der Waals surface area contributed by atoms with Crippen LogP contribution in [0.5, 0.6) is 0 Å². The molecule has 50 heavy (non-hydrogen) atoms. The van der Waals surface area contributed by atoms with E-state index in [4.69, 9.17) is 10.8 Å². The van der Waals surface area contributed by atoms with Gasteiger partial charge in [-0.25, -0.2) is 15.0 Å². The lowest BCUT2D eigenvalue weighted by molar-refractivity contribution is -0.138. The van der Waals surface area contributed by atoms with Crippen LogP contribution in [0.1, 0.15) is 30.9 Å². The zero-order valence-electron chi connectivity index (χ0n) is 27.3. The van der Waals surface area contributed by atoms with Gasteiger partial charge in [0.1, 0.15) is 24.7 Å². The van der Waals surface area contributed by atoms with Gasteiger partial charge in [0.05, 0.1) is 38.1 Å². The second-order valence-electron chi connectivity index (χ2n) is 11.5. The van der Waals surface area contributed by atoms with Crippen molar-refractivity contribution in [3.63, 3.8) is 0 Å². The number of imidazole rings is 3. The van der Waals surface area contributed by atoms with Crippen molar-refractivity contribution in [1.82, 2.24) is 61.8 Å². The first kappa shape index (κ1) is 38.3. The Morgan fingerprint density at radius 3 is 1.54 bits per heavy atom. The number of amides is 6. The molecule has 12 N–H and O–H groups in total. The highest BCUT2D eigenvalue weighted by Crippen LogP contribution is 2.06. The normalized spacial score (nSPS) is 13.3. The molecule has 0 radical (unpaired) electrons. The lowest BCUT2D eigenvalue weighted by atomic mass is 10.0. The molecule has 0 unspecified atom stereocenters. The number of aromatic nitrogens is 6. The number of aliphatic carboxylic acids is 1. The number of carboxylic acid groups (broad SMARTS) is 1. The second-order valence-corrected chi connectivity index (χ2v) is 11.5. The van der Waals surface area contributed by atoms with Crippen LogP contribution < -0.4 is 37.6 Å². The summed E-state index contributed by atoms with van der Waals surface area (Å²) in [6.45, 7) is 1.56. The molecule has 3 aromatic heterocycles. The number of rotatable bonds is 20. The van der Waals surface area contributed by atoms with E-state index >= 15 is 0 Å². The molecule has 0 spiro atoms. The minimum Gasteiger partial charge on any atom is -0.480 e. The molecule has 0 bridgehead atoms. The topological polar surface area (TPSA) is 324 Å². The zero-order valence-corrected chi connectivity index (χ0v) is 27.3. The largest absolute Gasteiger partial charge is 0.480 e. The van der Waals surface area contributed by atoms with Crippen LogP contribution in [0.25, 0.3) is 0 Å². The molecule has 21 nitrogen and oxygen atoms in total. The van der Waals surface area contributed by atoms with Crippen molar-refractivity contribution in [2.45, 2.75) is 57.3 Å². The molecule has 3 rings (SSSR count). The van der Waals surface area contributed by atoms with E-state index in [2.05, 4.69) is 61.8 Å². The average molecular weight is 700 g/mol. The van der Waals surface area contributed by atoms with Crippen LogP contribution in [-0.2, 0) is 52.8 Å². The number of carboxylic acids is 1. The Labute approximate surface area is 285 Å². The molecule has 0 saturated carbocycles. The van der Waals surface area contributed by atoms with Gasteiger partial charge < -0.3 is 57.7 Å². The predicted molar refractivity (Wildman–Crippen MR) is 172 cm³/mol. The fourth-order valence-electron chi connectivity index (χ4n) is 4.52. The molecular formula is C29H41N13O8. The summed E-state index contributed by atoms with van der Waals surface area (Å²) in [6, 6.07) is -4.51. The van der Waals surface area contributed by atoms with Gasteiger partial charge in [0.15, 0.2) is 0 Å². The van der Waals surface area contributed by atoms with Crippen molar-refractivity contribution < 1.29 is 38.7 Å². The highest BCUT2D eigenvalue weighted by atomic mass is 16.4. The lowest BCUT2D eigenvalue weighted by Crippen LogP contribution is -2.57. The van der Waals surface area contributed by atoms with Gasteiger partial charge in [-0.05, 0) is 5.92 Å². The maximum Gasteiger partial charge on any atom is 0.322 e. The van der Waals surface area contributed by atoms with Crippen molar-refractivity contribution in [3.05, 3.63) is 54.7 Å². The number of nitrogens with two attached hydrogens (primary N) is 1. The summed E-state index contributed by atoms with van der Waals surface area (Å²) < 4.78 is 0. The Kier molecular flexibility index (Phi) is 14.6. The Morgan fingerprint density at radius 1 is 0.640 bits per heavy atom. The number of nitrogens with one attached hydrogen (secondary N) is 9. The van der Waals surface area contributed by atoms with E-state index in [0.717, 1.165) is 0 Å². The third-order valence-corrected chi connectivity index (χ3v) is 7.10. The monoisotopic (exact) mass is 699 g/mol. The van der Waals surface area contributed by atoms with E-state index in [1.165, 1.54) is 37.6 Å². The van der Waals surface area contributed by atoms with Crippen LogP contribution in [0.4, 0.5) is 0 Å². The molecule has 270 valence electrons. The van der Waals surface area contributed by atoms with Crippen molar-refractivity contribution in [2.24, 2.45) is 11.7 Å². The molecule has 0 aliphatic rings. The fourth-order valence-corrected chi connectivity index (χ4v) is 4.52. The maximum absolute atomic E-state index is 13.2. The number of H-pyrrole nitrogens is 3. The molecular weight excluding hydrogens is 658 g/mol. The van der Waals surface area contributed by atoms with Crippen LogP contribution in [0.2, 0.25) is 0 Å². The number of carbonyl (C=O) groups is 7. The summed E-state index contributed by atoms with van der Waals surface area (Å²) in [5, 5.41) is 23.6. The number of hydrogen-bond acceptors (Lipinski definition) is 11. The summed E-state index contributed by atoms with van der Waals surface area (Å²) >= 11 is 0. The summed E-state index contributed by atoms with van der Waals surface area (Å²) in [7, 11) is 0. The molecule has 3 heterocycles. The Bertz CT molecular complexity index is 1580. The van der Waals surface area contributed by atoms with Gasteiger partial charge in [0.25, 0.3) is 0 Å². The molecule has 3 aromatic rings. The molecule has 0 aromatic carbocycles. The van der Waals surface area contributed by atoms with Crippen molar-refractivity contribution in [1.29, 1.82) is 0 Å². The van der Waals surface area contributed by atoms with Gasteiger partial charge in [0, 0.05) is 54.9 Å². The first-order valence-corrected chi connectivity index (χ1v) is 15.4. The van der Waals surface area contributed by atoms with Gasteiger partial charge in [-0.15, -0.1) is 0 Å². The maximum atomic E-state index is 13.2. The third kappa shape index (κ3) is 12.8. The van der Waals surface area contributed by atoms with E-state index < -0.39 is 91.1 Å². The standard InChI is InChI=1S/C29H41N13O8/c1-15(2)25(29(50)41-21(5-18-8-33-14-39-18)28(49)36-11-24(45)46)42-23(44)10-35-27(48)20(4-17-7-32-13-38-17)40-22(43)9-34-26(47)19(30)3-16-6-31-12-37-16/h6-8,12-15,19-21,25H,3-5,9-11,30H2,1-2H3,(H,31,37)(H,32,38)(H,33,39)(H,34,47)(H,35,48)(H,36,49)(H,40,43)(H,41,50)(H,42,44)(H,45,46)/t19-,20-,21-,25-/m0/s1. The van der Waals surface area contributed by atoms with Crippen LogP contribution in [0.15, 0.2) is 37.6 Å². The molecule has 6 amide bonds. The quantitative estimate of drug-likeness (QED) is 0.0534. The number of carbonyl (C=O) groups excluding carboxylic acids is 6. The molecule has 4 atom stereocenters. The second kappa shape index (κ2) is 19.0. The highest BCUT2D eigenvalue weighted by Gasteiger charge is 2.30. The smallest absolute Gasteiger partial charge is 0.322 e. The van der Waals surface area contributed by atoms with E-state index in [1.807, 2.05) is 0 Å². The average Bonchev–Trinajstić information content (AvgIpc) is 3.88. The van der Waals surface area contributed by atoms with E-state index in [0.29, 0.717) is 17.1 Å². The van der Waals surface area contributed by atoms with Gasteiger partial charge in [-0.3, -0.25) is 33.6 Å². The zero-order chi connectivity index (χ0) is 36.6. The minimum absolute atomic E-state index is 0.0365. The highest BCUT2D eigenvalue weighted by molar-refractivity contribution is 5.95. The Morgan fingerprint density at radius 2 is 1.08 bits per heavy atom. The number of aromatic amines is 3. The van der Waals surface area contributed by atoms with E-state index in [1.54, 1.807) is 13.8 Å². The van der Waals surface area contributed by atoms with Gasteiger partial charge in [-0.2, -0.15) is 0 Å². The van der Waals surface area contributed by atoms with Gasteiger partial charge in [0.2, 0.25) is 35.4 Å². The summed E-state index contributed by atoms with van der Waals surface area (Å²) in [4.78, 5) is 108. The van der Waals surface area contributed by atoms with Crippen molar-refractivity contribution in [3.8, 4) is 0 Å². The van der Waals surface area contributed by atoms with Crippen molar-refractivity contribution in [2.75, 3.05) is 19.6 Å². The first-order chi connectivity index (χ1) is 23.8. The summed E-state index contributed by atoms with van der Waals surface area (Å²) in [5.41, 5.74) is 7.50.